The summed E-state index contributed by atoms with van der Waals surface area (Å²) in [6.07, 6.45) is 2.83. The maximum Gasteiger partial charge on any atom is 0.224 e. The molecule has 0 saturated carbocycles. The summed E-state index contributed by atoms with van der Waals surface area (Å²) in [5.74, 6) is 0.151. The zero-order chi connectivity index (χ0) is 11.3. The van der Waals surface area contributed by atoms with Gasteiger partial charge in [-0.25, -0.2) is 0 Å². The van der Waals surface area contributed by atoms with Gasteiger partial charge in [0.1, 0.15) is 0 Å². The van der Waals surface area contributed by atoms with E-state index in [4.69, 9.17) is 5.11 Å². The van der Waals surface area contributed by atoms with Crippen LogP contribution in [-0.2, 0) is 4.79 Å². The summed E-state index contributed by atoms with van der Waals surface area (Å²) in [6.45, 7) is 5.48. The highest BCUT2D eigenvalue weighted by molar-refractivity contribution is 5.77. The van der Waals surface area contributed by atoms with Crippen LogP contribution in [0.5, 0.6) is 0 Å². The number of carbonyl (C=O) groups excluding carboxylic acids is 1. The molecule has 1 aliphatic rings. The minimum absolute atomic E-state index is 0.0437. The Balaban J connectivity index is 2.40. The van der Waals surface area contributed by atoms with E-state index in [2.05, 4.69) is 5.32 Å². The van der Waals surface area contributed by atoms with Crippen molar-refractivity contribution >= 4 is 5.91 Å². The Morgan fingerprint density at radius 1 is 1.60 bits per heavy atom. The summed E-state index contributed by atoms with van der Waals surface area (Å²) in [7, 11) is 0. The molecule has 1 fully saturated rings. The van der Waals surface area contributed by atoms with Crippen LogP contribution in [0.25, 0.3) is 0 Å². The number of rotatable bonds is 5. The van der Waals surface area contributed by atoms with Crippen LogP contribution in [-0.4, -0.2) is 47.7 Å². The van der Waals surface area contributed by atoms with Crippen LogP contribution in [0.2, 0.25) is 0 Å². The Morgan fingerprint density at radius 2 is 2.33 bits per heavy atom. The zero-order valence-electron chi connectivity index (χ0n) is 9.70. The first kappa shape index (κ1) is 12.5. The smallest absolute Gasteiger partial charge is 0.224 e. The molecule has 0 aromatic heterocycles. The predicted molar refractivity (Wildman–Crippen MR) is 59.6 cm³/mol. The second kappa shape index (κ2) is 6.08. The summed E-state index contributed by atoms with van der Waals surface area (Å²) in [4.78, 5) is 13.7. The van der Waals surface area contributed by atoms with E-state index in [1.165, 1.54) is 6.42 Å². The van der Waals surface area contributed by atoms with Gasteiger partial charge in [0.05, 0.1) is 6.61 Å². The molecule has 1 unspecified atom stereocenters. The molecule has 0 radical (unpaired) electrons. The molecule has 2 N–H and O–H groups in total. The summed E-state index contributed by atoms with van der Waals surface area (Å²) in [5, 5.41) is 12.2. The summed E-state index contributed by atoms with van der Waals surface area (Å²) in [5.41, 5.74) is 0. The van der Waals surface area contributed by atoms with Crippen molar-refractivity contribution in [3.8, 4) is 0 Å². The number of nitrogens with zero attached hydrogens (tertiary/aromatic N) is 1. The quantitative estimate of drug-likeness (QED) is 0.694. The van der Waals surface area contributed by atoms with E-state index < -0.39 is 0 Å². The number of hydrogen-bond donors (Lipinski definition) is 2. The molecule has 15 heavy (non-hydrogen) atoms. The van der Waals surface area contributed by atoms with Crippen molar-refractivity contribution in [3.05, 3.63) is 0 Å². The van der Waals surface area contributed by atoms with Crippen molar-refractivity contribution in [2.45, 2.75) is 45.2 Å². The second-order valence-corrected chi connectivity index (χ2v) is 4.40. The minimum atomic E-state index is 0.0437. The van der Waals surface area contributed by atoms with E-state index in [-0.39, 0.29) is 18.6 Å². The number of amides is 1. The summed E-state index contributed by atoms with van der Waals surface area (Å²) in [6, 6.07) is 0.517. The number of hydrogen-bond acceptors (Lipinski definition) is 3. The molecule has 1 aliphatic heterocycles. The monoisotopic (exact) mass is 214 g/mol. The molecule has 4 heteroatoms. The van der Waals surface area contributed by atoms with Crippen molar-refractivity contribution in [3.63, 3.8) is 0 Å². The van der Waals surface area contributed by atoms with Gasteiger partial charge >= 0.3 is 0 Å². The molecule has 0 aliphatic carbocycles. The SMILES string of the molecule is CC(C)N(CCO)C(=O)CC1CCCN1. The van der Waals surface area contributed by atoms with Gasteiger partial charge in [-0.2, -0.15) is 0 Å². The van der Waals surface area contributed by atoms with Crippen LogP contribution >= 0.6 is 0 Å². The fourth-order valence-electron chi connectivity index (χ4n) is 2.04. The lowest BCUT2D eigenvalue weighted by Crippen LogP contribution is -2.41. The normalized spacial score (nSPS) is 20.9. The van der Waals surface area contributed by atoms with Crippen molar-refractivity contribution in [2.75, 3.05) is 19.7 Å². The second-order valence-electron chi connectivity index (χ2n) is 4.40. The van der Waals surface area contributed by atoms with Crippen LogP contribution < -0.4 is 5.32 Å². The number of aliphatic hydroxyl groups excluding tert-OH is 1. The summed E-state index contributed by atoms with van der Waals surface area (Å²) < 4.78 is 0. The van der Waals surface area contributed by atoms with Gasteiger partial charge in [0.15, 0.2) is 0 Å². The third-order valence-corrected chi connectivity index (χ3v) is 2.87. The molecule has 0 aromatic rings. The Bertz CT molecular complexity index is 201. The molecule has 1 saturated heterocycles. The van der Waals surface area contributed by atoms with E-state index in [0.717, 1.165) is 13.0 Å². The van der Waals surface area contributed by atoms with E-state index in [0.29, 0.717) is 19.0 Å². The molecular formula is C11H22N2O2. The average Bonchev–Trinajstić information content (AvgIpc) is 2.65. The van der Waals surface area contributed by atoms with Gasteiger partial charge in [-0.3, -0.25) is 4.79 Å². The molecular weight excluding hydrogens is 192 g/mol. The van der Waals surface area contributed by atoms with Gasteiger partial charge in [-0.15, -0.1) is 0 Å². The predicted octanol–water partition coefficient (Wildman–Crippen LogP) is 0.358. The molecule has 0 bridgehead atoms. The number of aliphatic hydroxyl groups is 1. The maximum absolute atomic E-state index is 11.9. The third kappa shape index (κ3) is 3.80. The molecule has 4 nitrogen and oxygen atoms in total. The third-order valence-electron chi connectivity index (χ3n) is 2.87. The van der Waals surface area contributed by atoms with Gasteiger partial charge in [0, 0.05) is 25.0 Å². The lowest BCUT2D eigenvalue weighted by molar-refractivity contribution is -0.133. The summed E-state index contributed by atoms with van der Waals surface area (Å²) >= 11 is 0. The first-order chi connectivity index (χ1) is 7.15. The van der Waals surface area contributed by atoms with E-state index in [1.807, 2.05) is 13.8 Å². The molecule has 0 aromatic carbocycles. The molecule has 88 valence electrons. The molecule has 1 amide bonds. The molecule has 1 rings (SSSR count). The van der Waals surface area contributed by atoms with E-state index >= 15 is 0 Å². The topological polar surface area (TPSA) is 52.6 Å². The fourth-order valence-corrected chi connectivity index (χ4v) is 2.04. The van der Waals surface area contributed by atoms with Gasteiger partial charge in [-0.05, 0) is 33.2 Å². The fraction of sp³-hybridized carbons (Fsp3) is 0.909. The highest BCUT2D eigenvalue weighted by Gasteiger charge is 2.22. The first-order valence-corrected chi connectivity index (χ1v) is 5.79. The molecule has 1 heterocycles. The van der Waals surface area contributed by atoms with Crippen molar-refractivity contribution < 1.29 is 9.90 Å². The van der Waals surface area contributed by atoms with Crippen molar-refractivity contribution in [1.82, 2.24) is 10.2 Å². The average molecular weight is 214 g/mol. The van der Waals surface area contributed by atoms with Crippen LogP contribution in [0, 0.1) is 0 Å². The first-order valence-electron chi connectivity index (χ1n) is 5.79. The van der Waals surface area contributed by atoms with Crippen molar-refractivity contribution in [1.29, 1.82) is 0 Å². The van der Waals surface area contributed by atoms with Crippen molar-refractivity contribution in [2.24, 2.45) is 0 Å². The largest absolute Gasteiger partial charge is 0.395 e. The Hall–Kier alpha value is -0.610. The van der Waals surface area contributed by atoms with Gasteiger partial charge in [0.25, 0.3) is 0 Å². The lowest BCUT2D eigenvalue weighted by atomic mass is 10.1. The van der Waals surface area contributed by atoms with E-state index in [1.54, 1.807) is 4.90 Å². The van der Waals surface area contributed by atoms with E-state index in [9.17, 15) is 4.79 Å². The molecule has 1 atom stereocenters. The Kier molecular flexibility index (Phi) is 5.05. The zero-order valence-corrected chi connectivity index (χ0v) is 9.70. The highest BCUT2D eigenvalue weighted by atomic mass is 16.3. The Labute approximate surface area is 91.6 Å². The number of carbonyl (C=O) groups is 1. The lowest BCUT2D eigenvalue weighted by Gasteiger charge is -2.27. The van der Waals surface area contributed by atoms with Gasteiger partial charge in [-0.1, -0.05) is 0 Å². The standard InChI is InChI=1S/C11H22N2O2/c1-9(2)13(6-7-14)11(15)8-10-4-3-5-12-10/h9-10,12,14H,3-8H2,1-2H3. The van der Waals surface area contributed by atoms with Crippen LogP contribution in [0.3, 0.4) is 0 Å². The Morgan fingerprint density at radius 3 is 2.80 bits per heavy atom. The van der Waals surface area contributed by atoms with Crippen LogP contribution in [0.4, 0.5) is 0 Å². The minimum Gasteiger partial charge on any atom is -0.395 e. The molecule has 0 spiro atoms. The van der Waals surface area contributed by atoms with Crippen LogP contribution in [0.1, 0.15) is 33.1 Å². The maximum atomic E-state index is 11.9. The van der Waals surface area contributed by atoms with Crippen LogP contribution in [0.15, 0.2) is 0 Å². The van der Waals surface area contributed by atoms with Gasteiger partial charge < -0.3 is 15.3 Å². The van der Waals surface area contributed by atoms with Gasteiger partial charge in [0.2, 0.25) is 5.91 Å². The highest BCUT2D eigenvalue weighted by Crippen LogP contribution is 2.11. The number of nitrogens with one attached hydrogen (secondary N) is 1.